The second-order valence-electron chi connectivity index (χ2n) is 8.08. The molecule has 1 N–H and O–H groups in total. The van der Waals surface area contributed by atoms with Crippen LogP contribution in [-0.2, 0) is 17.6 Å². The number of hydrogen-bond acceptors (Lipinski definition) is 5. The largest absolute Gasteiger partial charge is 0.374 e. The van der Waals surface area contributed by atoms with Crippen LogP contribution in [-0.4, -0.2) is 53.5 Å². The molecule has 6 heteroatoms. The van der Waals surface area contributed by atoms with E-state index in [1.165, 1.54) is 49.2 Å². The van der Waals surface area contributed by atoms with Gasteiger partial charge in [0.2, 0.25) is 0 Å². The molecule has 26 heavy (non-hydrogen) atoms. The number of hydrogen-bond donors (Lipinski definition) is 1. The Kier molecular flexibility index (Phi) is 4.55. The summed E-state index contributed by atoms with van der Waals surface area (Å²) in [6.45, 7) is 4.94. The molecule has 0 spiro atoms. The summed E-state index contributed by atoms with van der Waals surface area (Å²) in [5.41, 5.74) is 3.58. The Labute approximate surface area is 154 Å². The molecular weight excluding hydrogens is 326 g/mol. The van der Waals surface area contributed by atoms with E-state index in [4.69, 9.17) is 9.72 Å². The van der Waals surface area contributed by atoms with Crippen molar-refractivity contribution in [3.63, 3.8) is 0 Å². The quantitative estimate of drug-likeness (QED) is 0.911. The molecule has 2 aliphatic heterocycles. The Morgan fingerprint density at radius 2 is 1.96 bits per heavy atom. The maximum atomic E-state index is 6.23. The molecule has 140 valence electrons. The van der Waals surface area contributed by atoms with Crippen LogP contribution in [0.25, 0.3) is 5.65 Å². The van der Waals surface area contributed by atoms with Crippen LogP contribution in [0.15, 0.2) is 12.3 Å². The normalized spacial score (nSPS) is 22.2. The van der Waals surface area contributed by atoms with Crippen molar-refractivity contribution >= 4 is 11.5 Å². The zero-order chi connectivity index (χ0) is 17.3. The predicted molar refractivity (Wildman–Crippen MR) is 102 cm³/mol. The molecule has 2 aromatic rings. The van der Waals surface area contributed by atoms with Crippen LogP contribution in [0.5, 0.6) is 0 Å². The second kappa shape index (κ2) is 7.16. The lowest BCUT2D eigenvalue weighted by Crippen LogP contribution is -2.54. The van der Waals surface area contributed by atoms with Gasteiger partial charge in [-0.05, 0) is 31.7 Å². The van der Waals surface area contributed by atoms with Crippen molar-refractivity contribution < 1.29 is 4.74 Å². The standard InChI is InChI=1S/C20H29N5O/c1-2-4-15(5-3-1)14-26-16-12-24(13-16)20-17-6-9-21-10-7-18(17)23-19-8-11-22-25(19)20/h8,11,15-16,21H,1-7,9-10,12-14H2. The Morgan fingerprint density at radius 1 is 1.12 bits per heavy atom. The summed E-state index contributed by atoms with van der Waals surface area (Å²) in [5, 5.41) is 8.05. The average Bonchev–Trinajstić information content (AvgIpc) is 2.97. The van der Waals surface area contributed by atoms with Gasteiger partial charge in [0, 0.05) is 44.3 Å². The van der Waals surface area contributed by atoms with Crippen molar-refractivity contribution in [1.29, 1.82) is 0 Å². The van der Waals surface area contributed by atoms with Crippen molar-refractivity contribution in [2.75, 3.05) is 37.7 Å². The topological polar surface area (TPSA) is 54.7 Å². The third-order valence-electron chi connectivity index (χ3n) is 6.22. The number of anilines is 1. The van der Waals surface area contributed by atoms with E-state index in [0.29, 0.717) is 6.10 Å². The van der Waals surface area contributed by atoms with E-state index < -0.39 is 0 Å². The van der Waals surface area contributed by atoms with E-state index >= 15 is 0 Å². The first-order valence-electron chi connectivity index (χ1n) is 10.3. The van der Waals surface area contributed by atoms with Gasteiger partial charge in [-0.3, -0.25) is 0 Å². The first-order valence-corrected chi connectivity index (χ1v) is 10.3. The van der Waals surface area contributed by atoms with Crippen molar-refractivity contribution in [2.45, 2.75) is 51.0 Å². The summed E-state index contributed by atoms with van der Waals surface area (Å²) in [4.78, 5) is 7.30. The average molecular weight is 355 g/mol. The third kappa shape index (κ3) is 3.09. The minimum Gasteiger partial charge on any atom is -0.374 e. The molecule has 0 radical (unpaired) electrons. The molecule has 0 aromatic carbocycles. The predicted octanol–water partition coefficient (Wildman–Crippen LogP) is 2.20. The van der Waals surface area contributed by atoms with E-state index in [9.17, 15) is 0 Å². The van der Waals surface area contributed by atoms with E-state index in [0.717, 1.165) is 57.2 Å². The molecule has 1 aliphatic carbocycles. The number of nitrogens with one attached hydrogen (secondary N) is 1. The van der Waals surface area contributed by atoms with Crippen LogP contribution in [0, 0.1) is 5.92 Å². The number of fused-ring (bicyclic) bond motifs is 2. The summed E-state index contributed by atoms with van der Waals surface area (Å²) in [6.07, 6.45) is 11.2. The van der Waals surface area contributed by atoms with Crippen LogP contribution in [0.2, 0.25) is 0 Å². The minimum atomic E-state index is 0.371. The number of nitrogens with zero attached hydrogens (tertiary/aromatic N) is 4. The molecule has 0 unspecified atom stereocenters. The highest BCUT2D eigenvalue weighted by Crippen LogP contribution is 2.31. The Morgan fingerprint density at radius 3 is 2.85 bits per heavy atom. The monoisotopic (exact) mass is 355 g/mol. The Balaban J connectivity index is 1.30. The molecule has 3 aliphatic rings. The van der Waals surface area contributed by atoms with E-state index in [-0.39, 0.29) is 0 Å². The first kappa shape index (κ1) is 16.5. The van der Waals surface area contributed by atoms with Crippen LogP contribution >= 0.6 is 0 Å². The highest BCUT2D eigenvalue weighted by atomic mass is 16.5. The number of rotatable bonds is 4. The lowest BCUT2D eigenvalue weighted by molar-refractivity contribution is 0.00532. The zero-order valence-electron chi connectivity index (χ0n) is 15.5. The van der Waals surface area contributed by atoms with Crippen LogP contribution in [0.3, 0.4) is 0 Å². The Hall–Kier alpha value is -1.66. The number of aromatic nitrogens is 3. The fourth-order valence-corrected chi connectivity index (χ4v) is 4.68. The van der Waals surface area contributed by atoms with Crippen LogP contribution in [0.1, 0.15) is 43.4 Å². The SMILES string of the molecule is c1cc2nc3c(c(N4CC(OCC5CCCCC5)C4)n2n1)CCNCC3. The van der Waals surface area contributed by atoms with Gasteiger partial charge in [0.25, 0.3) is 0 Å². The van der Waals surface area contributed by atoms with Gasteiger partial charge in [-0.1, -0.05) is 19.3 Å². The third-order valence-corrected chi connectivity index (χ3v) is 6.22. The fraction of sp³-hybridized carbons (Fsp3) is 0.700. The summed E-state index contributed by atoms with van der Waals surface area (Å²) in [7, 11) is 0. The van der Waals surface area contributed by atoms with Gasteiger partial charge in [0.15, 0.2) is 5.65 Å². The molecule has 1 saturated heterocycles. The fourth-order valence-electron chi connectivity index (χ4n) is 4.68. The second-order valence-corrected chi connectivity index (χ2v) is 8.08. The first-order chi connectivity index (χ1) is 12.9. The van der Waals surface area contributed by atoms with Crippen LogP contribution in [0.4, 0.5) is 5.82 Å². The lowest BCUT2D eigenvalue weighted by Gasteiger charge is -2.42. The highest BCUT2D eigenvalue weighted by molar-refractivity contribution is 5.59. The molecule has 4 heterocycles. The van der Waals surface area contributed by atoms with E-state index in [1.807, 2.05) is 16.8 Å². The maximum absolute atomic E-state index is 6.23. The summed E-state index contributed by atoms with van der Waals surface area (Å²) >= 11 is 0. The highest BCUT2D eigenvalue weighted by Gasteiger charge is 2.33. The van der Waals surface area contributed by atoms with Crippen molar-refractivity contribution in [3.8, 4) is 0 Å². The van der Waals surface area contributed by atoms with Gasteiger partial charge in [-0.15, -0.1) is 0 Å². The smallest absolute Gasteiger partial charge is 0.157 e. The van der Waals surface area contributed by atoms with Gasteiger partial charge in [-0.25, -0.2) is 4.98 Å². The van der Waals surface area contributed by atoms with Crippen molar-refractivity contribution in [2.24, 2.45) is 5.92 Å². The maximum Gasteiger partial charge on any atom is 0.157 e. The van der Waals surface area contributed by atoms with Crippen molar-refractivity contribution in [3.05, 3.63) is 23.5 Å². The molecular formula is C20H29N5O. The summed E-state index contributed by atoms with van der Waals surface area (Å²) in [5.74, 6) is 2.04. The van der Waals surface area contributed by atoms with E-state index in [2.05, 4.69) is 15.3 Å². The number of ether oxygens (including phenoxy) is 1. The van der Waals surface area contributed by atoms with Crippen molar-refractivity contribution in [1.82, 2.24) is 19.9 Å². The minimum absolute atomic E-state index is 0.371. The van der Waals surface area contributed by atoms with Gasteiger partial charge < -0.3 is 15.0 Å². The molecule has 1 saturated carbocycles. The van der Waals surface area contributed by atoms with Gasteiger partial charge in [0.05, 0.1) is 18.0 Å². The summed E-state index contributed by atoms with van der Waals surface area (Å²) < 4.78 is 8.26. The summed E-state index contributed by atoms with van der Waals surface area (Å²) in [6, 6.07) is 2.01. The molecule has 0 amide bonds. The van der Waals surface area contributed by atoms with Gasteiger partial charge >= 0.3 is 0 Å². The van der Waals surface area contributed by atoms with E-state index in [1.54, 1.807) is 0 Å². The molecule has 0 atom stereocenters. The molecule has 2 aromatic heterocycles. The van der Waals surface area contributed by atoms with Gasteiger partial charge in [-0.2, -0.15) is 9.61 Å². The van der Waals surface area contributed by atoms with Crippen LogP contribution < -0.4 is 10.2 Å². The Bertz CT molecular complexity index is 761. The molecule has 6 nitrogen and oxygen atoms in total. The molecule has 0 bridgehead atoms. The lowest BCUT2D eigenvalue weighted by atomic mass is 9.90. The molecule has 2 fully saturated rings. The van der Waals surface area contributed by atoms with Gasteiger partial charge in [0.1, 0.15) is 5.82 Å². The zero-order valence-corrected chi connectivity index (χ0v) is 15.5. The molecule has 5 rings (SSSR count).